The molecule has 3 aliphatic rings. The van der Waals surface area contributed by atoms with E-state index in [0.717, 1.165) is 30.5 Å². The molecule has 1 aliphatic heterocycles. The summed E-state index contributed by atoms with van der Waals surface area (Å²) in [6, 6.07) is 10.9. The lowest BCUT2D eigenvalue weighted by atomic mass is 9.53. The number of likely N-dealkylation sites (N-methyl/N-ethyl adjacent to an activating group) is 1. The van der Waals surface area contributed by atoms with E-state index in [0.29, 0.717) is 35.0 Å². The van der Waals surface area contributed by atoms with Crippen molar-refractivity contribution < 1.29 is 28.5 Å². The van der Waals surface area contributed by atoms with E-state index < -0.39 is 11.4 Å². The number of hydrogen-bond acceptors (Lipinski definition) is 7. The fourth-order valence-electron chi connectivity index (χ4n) is 5.99. The number of ketones is 1. The molecule has 2 aliphatic carbocycles. The molecule has 1 saturated heterocycles. The number of benzene rings is 2. The van der Waals surface area contributed by atoms with Crippen molar-refractivity contribution in [1.29, 1.82) is 0 Å². The number of likely N-dealkylation sites (tertiary alicyclic amines) is 1. The molecule has 0 spiro atoms. The van der Waals surface area contributed by atoms with Crippen molar-refractivity contribution in [2.24, 2.45) is 5.92 Å². The predicted octanol–water partition coefficient (Wildman–Crippen LogP) is 3.54. The van der Waals surface area contributed by atoms with Gasteiger partial charge in [0.05, 0.1) is 26.9 Å². The van der Waals surface area contributed by atoms with E-state index in [9.17, 15) is 9.59 Å². The number of nitrogens with zero attached hydrogens (tertiary/aromatic N) is 1. The number of ether oxygens (including phenoxy) is 4. The second-order valence-corrected chi connectivity index (χ2v) is 9.27. The summed E-state index contributed by atoms with van der Waals surface area (Å²) >= 11 is 0. The van der Waals surface area contributed by atoms with Crippen molar-refractivity contribution in [2.75, 3.05) is 34.9 Å². The highest BCUT2D eigenvalue weighted by molar-refractivity contribution is 5.96. The zero-order chi connectivity index (χ0) is 24.0. The number of Topliss-reactive ketones (excluding diaryl/α,β-unsaturated/α-hetero) is 1. The molecule has 0 radical (unpaired) electrons. The zero-order valence-corrected chi connectivity index (χ0v) is 19.9. The quantitative estimate of drug-likeness (QED) is 0.496. The van der Waals surface area contributed by atoms with Crippen LogP contribution < -0.4 is 14.2 Å². The van der Waals surface area contributed by atoms with Crippen LogP contribution >= 0.6 is 0 Å². The number of methoxy groups -OCH3 is 3. The maximum Gasteiger partial charge on any atom is 0.343 e. The highest BCUT2D eigenvalue weighted by Crippen LogP contribution is 2.58. The van der Waals surface area contributed by atoms with Gasteiger partial charge in [0.25, 0.3) is 0 Å². The molecule has 7 nitrogen and oxygen atoms in total. The van der Waals surface area contributed by atoms with E-state index in [1.54, 1.807) is 45.6 Å². The Hall–Kier alpha value is -3.32. The van der Waals surface area contributed by atoms with Crippen LogP contribution in [0.5, 0.6) is 17.2 Å². The molecule has 2 bridgehead atoms. The first kappa shape index (κ1) is 22.5. The number of carbonyl (C=O) groups is 2. The number of rotatable bonds is 5. The normalized spacial score (nSPS) is 25.5. The van der Waals surface area contributed by atoms with Gasteiger partial charge in [0.2, 0.25) is 0 Å². The van der Waals surface area contributed by atoms with E-state index in [2.05, 4.69) is 11.9 Å². The largest absolute Gasteiger partial charge is 0.497 e. The fourth-order valence-corrected chi connectivity index (χ4v) is 5.99. The first-order valence-electron chi connectivity index (χ1n) is 11.5. The molecule has 7 heteroatoms. The third-order valence-electron chi connectivity index (χ3n) is 7.71. The Bertz CT molecular complexity index is 1170. The number of carbonyl (C=O) groups excluding carboxylic acids is 2. The van der Waals surface area contributed by atoms with Gasteiger partial charge in [0, 0.05) is 29.4 Å². The monoisotopic (exact) mass is 463 g/mol. The van der Waals surface area contributed by atoms with Crippen LogP contribution in [-0.2, 0) is 21.4 Å². The lowest BCUT2D eigenvalue weighted by Crippen LogP contribution is -2.60. The molecule has 1 fully saturated rings. The highest BCUT2D eigenvalue weighted by Gasteiger charge is 2.57. The summed E-state index contributed by atoms with van der Waals surface area (Å²) < 4.78 is 22.3. The summed E-state index contributed by atoms with van der Waals surface area (Å²) in [5.74, 6) is 1.54. The Morgan fingerprint density at radius 3 is 2.47 bits per heavy atom. The average molecular weight is 464 g/mol. The van der Waals surface area contributed by atoms with Crippen LogP contribution in [0.15, 0.2) is 48.2 Å². The van der Waals surface area contributed by atoms with Gasteiger partial charge >= 0.3 is 5.97 Å². The Kier molecular flexibility index (Phi) is 5.60. The maximum absolute atomic E-state index is 13.2. The summed E-state index contributed by atoms with van der Waals surface area (Å²) in [5, 5.41) is 0. The van der Waals surface area contributed by atoms with Crippen LogP contribution in [0, 0.1) is 5.92 Å². The molecule has 34 heavy (non-hydrogen) atoms. The molecule has 0 unspecified atom stereocenters. The lowest BCUT2D eigenvalue weighted by molar-refractivity contribution is -0.122. The minimum atomic E-state index is -0.479. The van der Waals surface area contributed by atoms with Gasteiger partial charge in [0.15, 0.2) is 23.0 Å². The molecule has 0 amide bonds. The summed E-state index contributed by atoms with van der Waals surface area (Å²) in [4.78, 5) is 28.6. The SMILES string of the molecule is COC1=C[C@@H]2[C@@H]3Cc4ccc(OC)c(OC(=O)c5ccc(OC)cc5)c4[C@]2(CCN3C)CC1=O. The smallest absolute Gasteiger partial charge is 0.343 e. The van der Waals surface area contributed by atoms with Gasteiger partial charge in [-0.25, -0.2) is 4.79 Å². The number of piperidine rings is 1. The van der Waals surface area contributed by atoms with Crippen molar-refractivity contribution in [3.63, 3.8) is 0 Å². The van der Waals surface area contributed by atoms with Crippen LogP contribution in [-0.4, -0.2) is 57.6 Å². The van der Waals surface area contributed by atoms with Gasteiger partial charge in [-0.05, 0) is 68.4 Å². The Labute approximate surface area is 199 Å². The predicted molar refractivity (Wildman–Crippen MR) is 126 cm³/mol. The zero-order valence-electron chi connectivity index (χ0n) is 19.9. The molecular formula is C27H29NO6. The maximum atomic E-state index is 13.2. The van der Waals surface area contributed by atoms with Crippen LogP contribution in [0.25, 0.3) is 0 Å². The number of hydrogen-bond donors (Lipinski definition) is 0. The van der Waals surface area contributed by atoms with Crippen LogP contribution in [0.2, 0.25) is 0 Å². The first-order chi connectivity index (χ1) is 16.4. The fraction of sp³-hybridized carbons (Fsp3) is 0.407. The Balaban J connectivity index is 1.64. The minimum absolute atomic E-state index is 0.0230. The summed E-state index contributed by atoms with van der Waals surface area (Å²) in [5.41, 5.74) is 1.94. The highest BCUT2D eigenvalue weighted by atomic mass is 16.6. The molecule has 2 aromatic rings. The van der Waals surface area contributed by atoms with Crippen molar-refractivity contribution in [2.45, 2.75) is 30.7 Å². The van der Waals surface area contributed by atoms with E-state index in [1.165, 1.54) is 0 Å². The van der Waals surface area contributed by atoms with Gasteiger partial charge < -0.3 is 23.8 Å². The van der Waals surface area contributed by atoms with Crippen molar-refractivity contribution >= 4 is 11.8 Å². The summed E-state index contributed by atoms with van der Waals surface area (Å²) in [6.07, 6.45) is 3.87. The summed E-state index contributed by atoms with van der Waals surface area (Å²) in [7, 11) is 6.82. The molecule has 0 saturated carbocycles. The van der Waals surface area contributed by atoms with E-state index >= 15 is 0 Å². The van der Waals surface area contributed by atoms with E-state index in [-0.39, 0.29) is 17.7 Å². The van der Waals surface area contributed by atoms with Gasteiger partial charge in [-0.15, -0.1) is 0 Å². The molecule has 0 N–H and O–H groups in total. The van der Waals surface area contributed by atoms with Gasteiger partial charge in [0.1, 0.15) is 5.75 Å². The minimum Gasteiger partial charge on any atom is -0.497 e. The topological polar surface area (TPSA) is 74.3 Å². The van der Waals surface area contributed by atoms with Gasteiger partial charge in [-0.2, -0.15) is 0 Å². The first-order valence-corrected chi connectivity index (χ1v) is 11.5. The number of allylic oxidation sites excluding steroid dienone is 1. The van der Waals surface area contributed by atoms with Gasteiger partial charge in [-0.1, -0.05) is 6.07 Å². The van der Waals surface area contributed by atoms with Crippen molar-refractivity contribution in [3.8, 4) is 17.2 Å². The Morgan fingerprint density at radius 1 is 1.03 bits per heavy atom. The van der Waals surface area contributed by atoms with Crippen LogP contribution in [0.4, 0.5) is 0 Å². The van der Waals surface area contributed by atoms with Crippen molar-refractivity contribution in [1.82, 2.24) is 4.90 Å². The molecule has 1 heterocycles. The molecule has 5 rings (SSSR count). The molecule has 0 aromatic heterocycles. The molecule has 2 aromatic carbocycles. The third kappa shape index (κ3) is 3.38. The summed E-state index contributed by atoms with van der Waals surface area (Å²) in [6.45, 7) is 0.854. The van der Waals surface area contributed by atoms with E-state index in [4.69, 9.17) is 18.9 Å². The number of esters is 1. The Morgan fingerprint density at radius 2 is 1.79 bits per heavy atom. The number of fused-ring (bicyclic) bond motifs is 1. The third-order valence-corrected chi connectivity index (χ3v) is 7.71. The molecule has 3 atom stereocenters. The average Bonchev–Trinajstić information content (AvgIpc) is 2.85. The van der Waals surface area contributed by atoms with E-state index in [1.807, 2.05) is 18.2 Å². The van der Waals surface area contributed by atoms with Crippen molar-refractivity contribution in [3.05, 3.63) is 64.9 Å². The molecular weight excluding hydrogens is 434 g/mol. The second kappa shape index (κ2) is 8.47. The second-order valence-electron chi connectivity index (χ2n) is 9.27. The lowest BCUT2D eigenvalue weighted by Gasteiger charge is -2.56. The van der Waals surface area contributed by atoms with Gasteiger partial charge in [-0.3, -0.25) is 4.79 Å². The van der Waals surface area contributed by atoms with Crippen LogP contribution in [0.3, 0.4) is 0 Å². The standard InChI is InChI=1S/C27H29NO6/c1-28-12-11-27-15-21(29)23(33-4)14-19(27)20(28)13-17-7-10-22(32-3)25(24(17)27)34-26(30)16-5-8-18(31-2)9-6-16/h5-10,14,19-20H,11-13,15H2,1-4H3/t19-,20+,27-/m1/s1. The van der Waals surface area contributed by atoms with Crippen LogP contribution in [0.1, 0.15) is 34.3 Å². The molecule has 178 valence electrons.